The van der Waals surface area contributed by atoms with Crippen molar-refractivity contribution in [2.24, 2.45) is 0 Å². The van der Waals surface area contributed by atoms with Crippen molar-refractivity contribution in [1.82, 2.24) is 14.8 Å². The summed E-state index contributed by atoms with van der Waals surface area (Å²) in [4.78, 5) is 4.15. The normalized spacial score (nSPS) is 10.9. The van der Waals surface area contributed by atoms with Gasteiger partial charge in [-0.2, -0.15) is 5.10 Å². The number of hydrogen-bond acceptors (Lipinski definition) is 2. The van der Waals surface area contributed by atoms with Crippen molar-refractivity contribution >= 4 is 10.8 Å². The van der Waals surface area contributed by atoms with Gasteiger partial charge in [0.05, 0.1) is 17.6 Å². The van der Waals surface area contributed by atoms with Gasteiger partial charge in [-0.15, -0.1) is 0 Å². The van der Waals surface area contributed by atoms with Gasteiger partial charge < -0.3 is 0 Å². The van der Waals surface area contributed by atoms with Crippen LogP contribution in [0.1, 0.15) is 0 Å². The third-order valence-electron chi connectivity index (χ3n) is 3.58. The largest absolute Gasteiger partial charge is 0.264 e. The van der Waals surface area contributed by atoms with Gasteiger partial charge in [0.15, 0.2) is 0 Å². The molecule has 0 aliphatic carbocycles. The van der Waals surface area contributed by atoms with Gasteiger partial charge in [0.25, 0.3) is 0 Å². The van der Waals surface area contributed by atoms with Crippen LogP contribution in [-0.4, -0.2) is 14.8 Å². The first-order valence-corrected chi connectivity index (χ1v) is 6.85. The molecule has 2 aromatic carbocycles. The lowest BCUT2D eigenvalue weighted by Gasteiger charge is -2.08. The second kappa shape index (κ2) is 4.87. The van der Waals surface area contributed by atoms with Crippen LogP contribution >= 0.6 is 0 Å². The first kappa shape index (κ1) is 11.9. The van der Waals surface area contributed by atoms with Gasteiger partial charge in [-0.3, -0.25) is 4.98 Å². The summed E-state index contributed by atoms with van der Waals surface area (Å²) in [5.74, 6) is 0. The summed E-state index contributed by atoms with van der Waals surface area (Å²) in [5, 5.41) is 6.78. The van der Waals surface area contributed by atoms with Crippen molar-refractivity contribution < 1.29 is 0 Å². The van der Waals surface area contributed by atoms with E-state index in [1.807, 2.05) is 53.6 Å². The maximum Gasteiger partial charge on any atom is 0.0741 e. The van der Waals surface area contributed by atoms with Gasteiger partial charge in [-0.05, 0) is 35.7 Å². The van der Waals surface area contributed by atoms with Gasteiger partial charge in [0.2, 0.25) is 0 Å². The monoisotopic (exact) mass is 271 g/mol. The van der Waals surface area contributed by atoms with Crippen LogP contribution in [0.15, 0.2) is 79.3 Å². The first-order chi connectivity index (χ1) is 10.4. The molecule has 4 rings (SSSR count). The summed E-state index contributed by atoms with van der Waals surface area (Å²) < 4.78 is 1.96. The van der Waals surface area contributed by atoms with Crippen molar-refractivity contribution in [3.63, 3.8) is 0 Å². The number of pyridine rings is 1. The Morgan fingerprint density at radius 3 is 2.57 bits per heavy atom. The van der Waals surface area contributed by atoms with Crippen LogP contribution in [0.25, 0.3) is 27.7 Å². The van der Waals surface area contributed by atoms with Crippen molar-refractivity contribution in [3.8, 4) is 16.9 Å². The van der Waals surface area contributed by atoms with E-state index in [-0.39, 0.29) is 0 Å². The zero-order valence-electron chi connectivity index (χ0n) is 11.3. The van der Waals surface area contributed by atoms with Crippen LogP contribution in [0.2, 0.25) is 0 Å². The van der Waals surface area contributed by atoms with E-state index in [2.05, 4.69) is 40.4 Å². The number of benzene rings is 2. The zero-order valence-corrected chi connectivity index (χ0v) is 11.3. The van der Waals surface area contributed by atoms with Crippen molar-refractivity contribution in [1.29, 1.82) is 0 Å². The third-order valence-corrected chi connectivity index (χ3v) is 3.58. The molecule has 0 bridgehead atoms. The molecule has 3 heteroatoms. The molecule has 0 spiro atoms. The highest BCUT2D eigenvalue weighted by atomic mass is 15.3. The van der Waals surface area contributed by atoms with Crippen LogP contribution < -0.4 is 0 Å². The molecule has 0 amide bonds. The van der Waals surface area contributed by atoms with Crippen LogP contribution in [0.3, 0.4) is 0 Å². The highest BCUT2D eigenvalue weighted by molar-refractivity contribution is 5.86. The summed E-state index contributed by atoms with van der Waals surface area (Å²) in [6.07, 6.45) is 5.54. The van der Waals surface area contributed by atoms with E-state index in [0.29, 0.717) is 0 Å². The lowest BCUT2D eigenvalue weighted by Crippen LogP contribution is -1.98. The second-order valence-corrected chi connectivity index (χ2v) is 4.90. The second-order valence-electron chi connectivity index (χ2n) is 4.90. The molecule has 21 heavy (non-hydrogen) atoms. The van der Waals surface area contributed by atoms with Gasteiger partial charge in [0, 0.05) is 23.3 Å². The molecule has 100 valence electrons. The smallest absolute Gasteiger partial charge is 0.0741 e. The number of hydrogen-bond donors (Lipinski definition) is 0. The fourth-order valence-electron chi connectivity index (χ4n) is 2.54. The molecule has 3 nitrogen and oxygen atoms in total. The number of aromatic nitrogens is 3. The molecule has 0 saturated heterocycles. The lowest BCUT2D eigenvalue weighted by atomic mass is 10.1. The fourth-order valence-corrected chi connectivity index (χ4v) is 2.54. The Morgan fingerprint density at radius 2 is 1.67 bits per heavy atom. The molecule has 0 aliphatic rings. The van der Waals surface area contributed by atoms with Gasteiger partial charge in [0.1, 0.15) is 0 Å². The Kier molecular flexibility index (Phi) is 2.75. The summed E-state index contributed by atoms with van der Waals surface area (Å²) in [6.45, 7) is 0. The van der Waals surface area contributed by atoms with E-state index in [4.69, 9.17) is 0 Å². The summed E-state index contributed by atoms with van der Waals surface area (Å²) in [5.41, 5.74) is 3.29. The predicted octanol–water partition coefficient (Wildman–Crippen LogP) is 4.09. The summed E-state index contributed by atoms with van der Waals surface area (Å²) >= 11 is 0. The Bertz CT molecular complexity index is 894. The molecular weight excluding hydrogens is 258 g/mol. The van der Waals surface area contributed by atoms with Gasteiger partial charge >= 0.3 is 0 Å². The minimum atomic E-state index is 1.06. The van der Waals surface area contributed by atoms with Gasteiger partial charge in [-0.1, -0.05) is 30.3 Å². The number of fused-ring (bicyclic) bond motifs is 1. The quantitative estimate of drug-likeness (QED) is 0.550. The summed E-state index contributed by atoms with van der Waals surface area (Å²) in [7, 11) is 0. The number of rotatable bonds is 2. The molecule has 0 aliphatic heterocycles. The Hall–Kier alpha value is -2.94. The van der Waals surface area contributed by atoms with Crippen molar-refractivity contribution in [2.75, 3.05) is 0 Å². The van der Waals surface area contributed by atoms with Crippen LogP contribution in [0.4, 0.5) is 0 Å². The number of para-hydroxylation sites is 1. The van der Waals surface area contributed by atoms with E-state index in [9.17, 15) is 0 Å². The Labute approximate surface area is 122 Å². The van der Waals surface area contributed by atoms with E-state index in [0.717, 1.165) is 22.3 Å². The standard InChI is InChI=1S/C18H13N3/c1-2-4-17(5-3-1)21-18(9-11-20-21)15-6-7-16-13-19-10-8-14(16)12-15/h1-13H. The van der Waals surface area contributed by atoms with E-state index in [1.165, 1.54) is 5.39 Å². The minimum absolute atomic E-state index is 1.06. The first-order valence-electron chi connectivity index (χ1n) is 6.85. The van der Waals surface area contributed by atoms with E-state index >= 15 is 0 Å². The maximum absolute atomic E-state index is 4.45. The van der Waals surface area contributed by atoms with Crippen LogP contribution in [0, 0.1) is 0 Å². The molecule has 2 heterocycles. The zero-order chi connectivity index (χ0) is 14.1. The average molecular weight is 271 g/mol. The maximum atomic E-state index is 4.45. The van der Waals surface area contributed by atoms with Gasteiger partial charge in [-0.25, -0.2) is 4.68 Å². The van der Waals surface area contributed by atoms with Crippen molar-refractivity contribution in [3.05, 3.63) is 79.3 Å². The minimum Gasteiger partial charge on any atom is -0.264 e. The molecule has 0 fully saturated rings. The average Bonchev–Trinajstić information content (AvgIpc) is 3.05. The molecule has 0 N–H and O–H groups in total. The van der Waals surface area contributed by atoms with E-state index in [1.54, 1.807) is 0 Å². The highest BCUT2D eigenvalue weighted by Gasteiger charge is 2.07. The predicted molar refractivity (Wildman–Crippen MR) is 84.3 cm³/mol. The molecule has 2 aromatic heterocycles. The molecule has 0 radical (unpaired) electrons. The Balaban J connectivity index is 1.88. The molecule has 0 atom stereocenters. The number of nitrogens with zero attached hydrogens (tertiary/aromatic N) is 3. The Morgan fingerprint density at radius 1 is 0.762 bits per heavy atom. The lowest BCUT2D eigenvalue weighted by molar-refractivity contribution is 0.888. The van der Waals surface area contributed by atoms with Crippen LogP contribution in [-0.2, 0) is 0 Å². The fraction of sp³-hybridized carbons (Fsp3) is 0. The molecular formula is C18H13N3. The SMILES string of the molecule is c1ccc(-n2nccc2-c2ccc3cnccc3c2)cc1. The van der Waals surface area contributed by atoms with E-state index < -0.39 is 0 Å². The molecule has 0 saturated carbocycles. The van der Waals surface area contributed by atoms with Crippen molar-refractivity contribution in [2.45, 2.75) is 0 Å². The van der Waals surface area contributed by atoms with Crippen LogP contribution in [0.5, 0.6) is 0 Å². The topological polar surface area (TPSA) is 30.7 Å². The highest BCUT2D eigenvalue weighted by Crippen LogP contribution is 2.25. The molecule has 0 unspecified atom stereocenters. The third kappa shape index (κ3) is 2.09. The molecule has 4 aromatic rings. The summed E-state index contributed by atoms with van der Waals surface area (Å²) in [6, 6.07) is 20.6.